The molecule has 1 heteroatoms. The third kappa shape index (κ3) is 1.65. The van der Waals surface area contributed by atoms with Crippen LogP contribution in [0.4, 0.5) is 0 Å². The summed E-state index contributed by atoms with van der Waals surface area (Å²) in [4.78, 5) is 0. The van der Waals surface area contributed by atoms with Crippen LogP contribution < -0.4 is 0 Å². The maximum absolute atomic E-state index is 2.51. The zero-order valence-corrected chi connectivity index (χ0v) is 13.6. The van der Waals surface area contributed by atoms with Gasteiger partial charge in [-0.2, -0.15) is 0 Å². The Labute approximate surface area is 90.6 Å². The zero-order chi connectivity index (χ0) is 10.4. The van der Waals surface area contributed by atoms with E-state index in [4.69, 9.17) is 0 Å². The van der Waals surface area contributed by atoms with Gasteiger partial charge in [-0.25, -0.2) is 0 Å². The van der Waals surface area contributed by atoms with Crippen LogP contribution in [0.2, 0.25) is 9.36 Å². The molecule has 0 fully saturated rings. The van der Waals surface area contributed by atoms with Gasteiger partial charge in [-0.05, 0) is 0 Å². The molecule has 1 aliphatic rings. The molecule has 1 aliphatic carbocycles. The Morgan fingerprint density at radius 1 is 0.923 bits per heavy atom. The summed E-state index contributed by atoms with van der Waals surface area (Å²) in [6.07, 6.45) is 0. The van der Waals surface area contributed by atoms with Crippen LogP contribution in [0.15, 0.2) is 20.0 Å². The van der Waals surface area contributed by atoms with Crippen molar-refractivity contribution in [3.63, 3.8) is 0 Å². The number of hydrogen-bond donors (Lipinski definition) is 0. The summed E-state index contributed by atoms with van der Waals surface area (Å²) in [5.41, 5.74) is 5.17. The Morgan fingerprint density at radius 2 is 1.38 bits per heavy atom. The molecule has 0 spiro atoms. The van der Waals surface area contributed by atoms with Crippen molar-refractivity contribution in [2.45, 2.75) is 44.0 Å². The number of rotatable bonds is 1. The molecule has 0 aromatic rings. The molecule has 1 rings (SSSR count). The molecule has 0 saturated carbocycles. The van der Waals surface area contributed by atoms with Gasteiger partial charge in [0.05, 0.1) is 0 Å². The van der Waals surface area contributed by atoms with E-state index in [2.05, 4.69) is 44.0 Å². The molecule has 0 radical (unpaired) electrons. The van der Waals surface area contributed by atoms with Crippen molar-refractivity contribution in [2.24, 2.45) is 5.41 Å². The molecule has 0 saturated heterocycles. The van der Waals surface area contributed by atoms with Crippen molar-refractivity contribution < 1.29 is 21.4 Å². The van der Waals surface area contributed by atoms with E-state index in [9.17, 15) is 0 Å². The standard InChI is InChI=1S/C10H15.2CH3.Hf/c1-7-6-10(4,5)9(3)8(7)2;;;/h1-5H3;2*1H3;. The average Bonchev–Trinajstić information content (AvgIpc) is 2.12. The Morgan fingerprint density at radius 3 is 1.54 bits per heavy atom. The van der Waals surface area contributed by atoms with Crippen LogP contribution in [-0.2, 0) is 21.4 Å². The summed E-state index contributed by atoms with van der Waals surface area (Å²) in [5, 5.41) is 0. The second-order valence-corrected chi connectivity index (χ2v) is 13.9. The van der Waals surface area contributed by atoms with Gasteiger partial charge in [0.25, 0.3) is 0 Å². The van der Waals surface area contributed by atoms with Gasteiger partial charge in [0, 0.05) is 0 Å². The molecule has 13 heavy (non-hydrogen) atoms. The van der Waals surface area contributed by atoms with Crippen molar-refractivity contribution in [3.8, 4) is 0 Å². The first-order chi connectivity index (χ1) is 5.80. The summed E-state index contributed by atoms with van der Waals surface area (Å²) in [6, 6.07) is 0. The summed E-state index contributed by atoms with van der Waals surface area (Å²) < 4.78 is 6.86. The number of hydrogen-bond acceptors (Lipinski definition) is 0. The Balaban J connectivity index is 3.28. The quantitative estimate of drug-likeness (QED) is 0.621. The summed E-state index contributed by atoms with van der Waals surface area (Å²) in [6.45, 7) is 11.7. The van der Waals surface area contributed by atoms with Gasteiger partial charge in [-0.1, -0.05) is 0 Å². The van der Waals surface area contributed by atoms with E-state index in [1.807, 2.05) is 3.33 Å². The minimum atomic E-state index is -1.35. The van der Waals surface area contributed by atoms with Crippen LogP contribution in [-0.4, -0.2) is 0 Å². The van der Waals surface area contributed by atoms with Gasteiger partial charge >= 0.3 is 90.9 Å². The van der Waals surface area contributed by atoms with Crippen LogP contribution in [0.5, 0.6) is 0 Å². The Kier molecular flexibility index (Phi) is 3.07. The first kappa shape index (κ1) is 11.4. The summed E-state index contributed by atoms with van der Waals surface area (Å²) >= 11 is -1.35. The van der Waals surface area contributed by atoms with E-state index in [0.29, 0.717) is 5.41 Å². The van der Waals surface area contributed by atoms with E-state index in [1.165, 1.54) is 0 Å². The van der Waals surface area contributed by atoms with E-state index in [0.717, 1.165) is 0 Å². The van der Waals surface area contributed by atoms with Crippen LogP contribution >= 0.6 is 0 Å². The van der Waals surface area contributed by atoms with E-state index in [-0.39, 0.29) is 0 Å². The third-order valence-corrected chi connectivity index (χ3v) is 10.7. The summed E-state index contributed by atoms with van der Waals surface area (Å²) in [5.74, 6) is 0. The topological polar surface area (TPSA) is 0 Å². The molecule has 0 bridgehead atoms. The molecule has 0 atom stereocenters. The van der Waals surface area contributed by atoms with Gasteiger partial charge in [0.1, 0.15) is 0 Å². The predicted molar refractivity (Wildman–Crippen MR) is 56.6 cm³/mol. The van der Waals surface area contributed by atoms with Crippen molar-refractivity contribution >= 4 is 0 Å². The normalized spacial score (nSPS) is 21.5. The minimum absolute atomic E-state index is 0.389. The molecule has 0 unspecified atom stereocenters. The van der Waals surface area contributed by atoms with Crippen molar-refractivity contribution in [1.82, 2.24) is 0 Å². The van der Waals surface area contributed by atoms with E-state index in [1.54, 1.807) is 16.7 Å². The Bertz CT molecular complexity index is 290. The molecule has 0 aromatic heterocycles. The molecule has 0 nitrogen and oxygen atoms in total. The monoisotopic (exact) mass is 345 g/mol. The van der Waals surface area contributed by atoms with Gasteiger partial charge in [-0.3, -0.25) is 0 Å². The van der Waals surface area contributed by atoms with Crippen molar-refractivity contribution in [2.75, 3.05) is 0 Å². The first-order valence-electron chi connectivity index (χ1n) is 5.00. The second kappa shape index (κ2) is 3.49. The second-order valence-electron chi connectivity index (χ2n) is 4.88. The van der Waals surface area contributed by atoms with Crippen LogP contribution in [0.3, 0.4) is 0 Å². The fourth-order valence-corrected chi connectivity index (χ4v) is 11.1. The van der Waals surface area contributed by atoms with Crippen LogP contribution in [0.1, 0.15) is 34.6 Å². The third-order valence-electron chi connectivity index (χ3n) is 3.56. The molecule has 0 amide bonds. The molecule has 73 valence electrons. The van der Waals surface area contributed by atoms with Gasteiger partial charge in [0.15, 0.2) is 0 Å². The van der Waals surface area contributed by atoms with E-state index < -0.39 is 21.4 Å². The molecule has 0 aromatic carbocycles. The average molecular weight is 344 g/mol. The molecule has 0 N–H and O–H groups in total. The van der Waals surface area contributed by atoms with Crippen molar-refractivity contribution in [3.05, 3.63) is 20.0 Å². The number of allylic oxidation sites excluding steroid dienone is 4. The summed E-state index contributed by atoms with van der Waals surface area (Å²) in [7, 11) is 0. The Hall–Kier alpha value is 0.350. The predicted octanol–water partition coefficient (Wildman–Crippen LogP) is 4.35. The fourth-order valence-electron chi connectivity index (χ4n) is 2.59. The van der Waals surface area contributed by atoms with Gasteiger partial charge < -0.3 is 0 Å². The van der Waals surface area contributed by atoms with Crippen LogP contribution in [0, 0.1) is 5.41 Å². The SMILES string of the molecule is CC1=C(C)C(C)(C)[C]([Hf]([CH3])[CH3])=C1C. The first-order valence-corrected chi connectivity index (χ1v) is 14.0. The fraction of sp³-hybridized carbons (Fsp3) is 0.667. The van der Waals surface area contributed by atoms with Crippen LogP contribution in [0.25, 0.3) is 0 Å². The molecular formula is C12H21Hf. The molecule has 0 heterocycles. The van der Waals surface area contributed by atoms with Gasteiger partial charge in [-0.15, -0.1) is 0 Å². The maximum atomic E-state index is 2.51. The molecule has 0 aliphatic heterocycles. The van der Waals surface area contributed by atoms with Gasteiger partial charge in [0.2, 0.25) is 0 Å². The molecular weight excluding hydrogens is 323 g/mol. The zero-order valence-electron chi connectivity index (χ0n) is 10.0. The van der Waals surface area contributed by atoms with Crippen molar-refractivity contribution in [1.29, 1.82) is 0 Å². The van der Waals surface area contributed by atoms with E-state index >= 15 is 0 Å².